The maximum Gasteiger partial charge on any atom is 0.272 e. The van der Waals surface area contributed by atoms with Crippen molar-refractivity contribution in [3.8, 4) is 0 Å². The average Bonchev–Trinajstić information content (AvgIpc) is 2.97. The number of nitrogens with zero attached hydrogens (tertiary/aromatic N) is 3. The minimum absolute atomic E-state index is 0.00709. The van der Waals surface area contributed by atoms with Crippen LogP contribution in [0.3, 0.4) is 0 Å². The van der Waals surface area contributed by atoms with Crippen LogP contribution < -0.4 is 0 Å². The van der Waals surface area contributed by atoms with E-state index in [0.717, 1.165) is 30.5 Å². The van der Waals surface area contributed by atoms with Gasteiger partial charge in [0, 0.05) is 25.9 Å². The molecule has 0 aromatic carbocycles. The van der Waals surface area contributed by atoms with Crippen molar-refractivity contribution in [3.63, 3.8) is 0 Å². The van der Waals surface area contributed by atoms with Gasteiger partial charge in [-0.2, -0.15) is 0 Å². The van der Waals surface area contributed by atoms with E-state index in [2.05, 4.69) is 11.9 Å². The summed E-state index contributed by atoms with van der Waals surface area (Å²) in [6, 6.07) is 3.92. The summed E-state index contributed by atoms with van der Waals surface area (Å²) in [7, 11) is 0. The highest BCUT2D eigenvalue weighted by molar-refractivity contribution is 5.93. The first kappa shape index (κ1) is 15.0. The molecule has 1 aliphatic heterocycles. The van der Waals surface area contributed by atoms with Gasteiger partial charge in [0.25, 0.3) is 5.91 Å². The zero-order valence-corrected chi connectivity index (χ0v) is 13.2. The SMILES string of the molecule is CCC1(CO)CCN(C(=O)c2cnc3ccc(C)cn23)CC1. The Kier molecular flexibility index (Phi) is 3.91. The fraction of sp³-hybridized carbons (Fsp3) is 0.529. The predicted molar refractivity (Wildman–Crippen MR) is 84.9 cm³/mol. The van der Waals surface area contributed by atoms with Crippen LogP contribution in [0.5, 0.6) is 0 Å². The van der Waals surface area contributed by atoms with Crippen LogP contribution in [-0.4, -0.2) is 45.0 Å². The summed E-state index contributed by atoms with van der Waals surface area (Å²) < 4.78 is 1.87. The molecule has 3 heterocycles. The summed E-state index contributed by atoms with van der Waals surface area (Å²) in [5.41, 5.74) is 2.51. The number of amides is 1. The molecule has 0 spiro atoms. The number of piperidine rings is 1. The van der Waals surface area contributed by atoms with Gasteiger partial charge in [-0.05, 0) is 43.2 Å². The molecule has 2 aromatic heterocycles. The van der Waals surface area contributed by atoms with Gasteiger partial charge < -0.3 is 10.0 Å². The lowest BCUT2D eigenvalue weighted by Gasteiger charge is -2.40. The molecule has 5 nitrogen and oxygen atoms in total. The molecular weight excluding hydrogens is 278 g/mol. The number of aliphatic hydroxyl groups excluding tert-OH is 1. The molecule has 5 heteroatoms. The zero-order chi connectivity index (χ0) is 15.7. The predicted octanol–water partition coefficient (Wildman–Crippen LogP) is 2.27. The second-order valence-corrected chi connectivity index (χ2v) is 6.38. The first-order chi connectivity index (χ1) is 10.6. The highest BCUT2D eigenvalue weighted by Gasteiger charge is 2.34. The third-order valence-electron chi connectivity index (χ3n) is 5.07. The third kappa shape index (κ3) is 2.50. The van der Waals surface area contributed by atoms with Crippen molar-refractivity contribution in [2.45, 2.75) is 33.1 Å². The van der Waals surface area contributed by atoms with Crippen molar-refractivity contribution >= 4 is 11.6 Å². The molecule has 1 fully saturated rings. The molecule has 0 saturated carbocycles. The number of hydrogen-bond acceptors (Lipinski definition) is 3. The summed E-state index contributed by atoms with van der Waals surface area (Å²) in [6.45, 7) is 5.73. The van der Waals surface area contributed by atoms with Crippen molar-refractivity contribution < 1.29 is 9.90 Å². The van der Waals surface area contributed by atoms with E-state index < -0.39 is 0 Å². The van der Waals surface area contributed by atoms with E-state index in [-0.39, 0.29) is 17.9 Å². The number of aryl methyl sites for hydroxylation is 1. The quantitative estimate of drug-likeness (QED) is 0.946. The Hall–Kier alpha value is -1.88. The van der Waals surface area contributed by atoms with Crippen molar-refractivity contribution in [1.82, 2.24) is 14.3 Å². The maximum atomic E-state index is 12.8. The molecule has 1 N–H and O–H groups in total. The van der Waals surface area contributed by atoms with Crippen molar-refractivity contribution in [2.24, 2.45) is 5.41 Å². The zero-order valence-electron chi connectivity index (χ0n) is 13.2. The van der Waals surface area contributed by atoms with Gasteiger partial charge in [0.05, 0.1) is 6.20 Å². The van der Waals surface area contributed by atoms with Gasteiger partial charge in [-0.1, -0.05) is 13.0 Å². The number of pyridine rings is 1. The number of aromatic nitrogens is 2. The lowest BCUT2D eigenvalue weighted by atomic mass is 9.77. The van der Waals surface area contributed by atoms with Crippen molar-refractivity contribution in [3.05, 3.63) is 35.8 Å². The van der Waals surface area contributed by atoms with Crippen LogP contribution in [0.1, 0.15) is 42.2 Å². The van der Waals surface area contributed by atoms with Crippen LogP contribution in [-0.2, 0) is 0 Å². The van der Waals surface area contributed by atoms with Gasteiger partial charge in [-0.25, -0.2) is 4.98 Å². The fourth-order valence-electron chi connectivity index (χ4n) is 3.21. The monoisotopic (exact) mass is 301 g/mol. The standard InChI is InChI=1S/C17H23N3O2/c1-3-17(12-21)6-8-19(9-7-17)16(22)14-10-18-15-5-4-13(2)11-20(14)15/h4-5,10-11,21H,3,6-9,12H2,1-2H3. The van der Waals surface area contributed by atoms with Gasteiger partial charge in [-0.15, -0.1) is 0 Å². The number of imidazole rings is 1. The lowest BCUT2D eigenvalue weighted by molar-refractivity contribution is 0.0334. The Morgan fingerprint density at radius 1 is 1.36 bits per heavy atom. The molecule has 118 valence electrons. The highest BCUT2D eigenvalue weighted by atomic mass is 16.3. The van der Waals surface area contributed by atoms with Gasteiger partial charge in [0.2, 0.25) is 0 Å². The topological polar surface area (TPSA) is 57.8 Å². The second kappa shape index (κ2) is 5.72. The molecule has 1 saturated heterocycles. The van der Waals surface area contributed by atoms with Crippen LogP contribution in [0, 0.1) is 12.3 Å². The first-order valence-corrected chi connectivity index (χ1v) is 7.92. The van der Waals surface area contributed by atoms with E-state index in [1.807, 2.05) is 34.6 Å². The molecule has 0 aliphatic carbocycles. The van der Waals surface area contributed by atoms with Crippen LogP contribution >= 0.6 is 0 Å². The van der Waals surface area contributed by atoms with E-state index in [4.69, 9.17) is 0 Å². The molecule has 3 rings (SSSR count). The number of fused-ring (bicyclic) bond motifs is 1. The summed E-state index contributed by atoms with van der Waals surface area (Å²) in [5, 5.41) is 9.60. The van der Waals surface area contributed by atoms with E-state index >= 15 is 0 Å². The van der Waals surface area contributed by atoms with Crippen LogP contribution in [0.4, 0.5) is 0 Å². The van der Waals surface area contributed by atoms with E-state index in [1.165, 1.54) is 0 Å². The van der Waals surface area contributed by atoms with Gasteiger partial charge in [-0.3, -0.25) is 9.20 Å². The first-order valence-electron chi connectivity index (χ1n) is 7.92. The van der Waals surface area contributed by atoms with Crippen LogP contribution in [0.2, 0.25) is 0 Å². The Bertz CT molecular complexity index is 678. The number of carbonyl (C=O) groups is 1. The maximum absolute atomic E-state index is 12.8. The molecule has 2 aromatic rings. The normalized spacial score (nSPS) is 17.9. The molecule has 0 bridgehead atoms. The molecular formula is C17H23N3O2. The largest absolute Gasteiger partial charge is 0.396 e. The number of hydrogen-bond donors (Lipinski definition) is 1. The molecule has 1 amide bonds. The Labute approximate surface area is 130 Å². The number of rotatable bonds is 3. The molecule has 1 aliphatic rings. The van der Waals surface area contributed by atoms with Crippen LogP contribution in [0.25, 0.3) is 5.65 Å². The summed E-state index contributed by atoms with van der Waals surface area (Å²) in [4.78, 5) is 19.0. The number of carbonyl (C=O) groups excluding carboxylic acids is 1. The number of aliphatic hydroxyl groups is 1. The summed E-state index contributed by atoms with van der Waals surface area (Å²) in [5.74, 6) is 0.0285. The minimum atomic E-state index is -0.00709. The van der Waals surface area contributed by atoms with E-state index in [0.29, 0.717) is 18.8 Å². The molecule has 0 radical (unpaired) electrons. The second-order valence-electron chi connectivity index (χ2n) is 6.38. The molecule has 0 atom stereocenters. The van der Waals surface area contributed by atoms with Crippen molar-refractivity contribution in [1.29, 1.82) is 0 Å². The van der Waals surface area contributed by atoms with Crippen LogP contribution in [0.15, 0.2) is 24.5 Å². The Morgan fingerprint density at radius 2 is 2.09 bits per heavy atom. The fourth-order valence-corrected chi connectivity index (χ4v) is 3.21. The molecule has 22 heavy (non-hydrogen) atoms. The number of likely N-dealkylation sites (tertiary alicyclic amines) is 1. The Morgan fingerprint density at radius 3 is 2.73 bits per heavy atom. The van der Waals surface area contributed by atoms with E-state index in [1.54, 1.807) is 6.20 Å². The van der Waals surface area contributed by atoms with Gasteiger partial charge in [0.1, 0.15) is 11.3 Å². The van der Waals surface area contributed by atoms with Gasteiger partial charge in [0.15, 0.2) is 0 Å². The summed E-state index contributed by atoms with van der Waals surface area (Å²) >= 11 is 0. The lowest BCUT2D eigenvalue weighted by Crippen LogP contribution is -2.44. The Balaban J connectivity index is 1.81. The van der Waals surface area contributed by atoms with E-state index in [9.17, 15) is 9.90 Å². The molecule has 0 unspecified atom stereocenters. The average molecular weight is 301 g/mol. The van der Waals surface area contributed by atoms with Crippen molar-refractivity contribution in [2.75, 3.05) is 19.7 Å². The van der Waals surface area contributed by atoms with Gasteiger partial charge >= 0.3 is 0 Å². The third-order valence-corrected chi connectivity index (χ3v) is 5.07. The summed E-state index contributed by atoms with van der Waals surface area (Å²) in [6.07, 6.45) is 6.29. The minimum Gasteiger partial charge on any atom is -0.396 e. The smallest absolute Gasteiger partial charge is 0.272 e. The highest BCUT2D eigenvalue weighted by Crippen LogP contribution is 2.34.